The largest absolute Gasteiger partial charge is 0.469 e. The molecule has 92 valence electrons. The number of aryl methyl sites for hydroxylation is 1. The Labute approximate surface area is 102 Å². The van der Waals surface area contributed by atoms with Crippen LogP contribution in [0.25, 0.3) is 0 Å². The lowest BCUT2D eigenvalue weighted by Crippen LogP contribution is -2.23. The molecule has 1 N–H and O–H groups in total. The number of rotatable bonds is 5. The van der Waals surface area contributed by atoms with Gasteiger partial charge in [-0.25, -0.2) is 0 Å². The summed E-state index contributed by atoms with van der Waals surface area (Å²) in [6.07, 6.45) is 4.51. The van der Waals surface area contributed by atoms with Crippen LogP contribution >= 0.6 is 0 Å². The van der Waals surface area contributed by atoms with E-state index in [4.69, 9.17) is 4.42 Å². The van der Waals surface area contributed by atoms with Gasteiger partial charge in [-0.15, -0.1) is 0 Å². The molecule has 1 unspecified atom stereocenters. The van der Waals surface area contributed by atoms with E-state index in [-0.39, 0.29) is 6.04 Å². The lowest BCUT2D eigenvalue weighted by Gasteiger charge is -2.16. The molecule has 2 rings (SSSR count). The maximum absolute atomic E-state index is 5.41. The Balaban J connectivity index is 2.20. The van der Waals surface area contributed by atoms with Gasteiger partial charge in [-0.1, -0.05) is 6.92 Å². The van der Waals surface area contributed by atoms with E-state index >= 15 is 0 Å². The lowest BCUT2D eigenvalue weighted by molar-refractivity contribution is 0.454. The van der Waals surface area contributed by atoms with Gasteiger partial charge in [0.05, 0.1) is 12.5 Å². The van der Waals surface area contributed by atoms with Crippen LogP contribution in [-0.4, -0.2) is 16.3 Å². The average molecular weight is 233 g/mol. The van der Waals surface area contributed by atoms with Crippen molar-refractivity contribution >= 4 is 0 Å². The number of furan rings is 1. The third-order valence-electron chi connectivity index (χ3n) is 3.08. The Bertz CT molecular complexity index is 459. The van der Waals surface area contributed by atoms with E-state index in [2.05, 4.69) is 24.3 Å². The summed E-state index contributed by atoms with van der Waals surface area (Å²) in [6, 6.07) is 4.20. The predicted molar refractivity (Wildman–Crippen MR) is 66.8 cm³/mol. The minimum atomic E-state index is 0.264. The normalized spacial score (nSPS) is 12.9. The zero-order valence-electron chi connectivity index (χ0n) is 10.6. The van der Waals surface area contributed by atoms with E-state index < -0.39 is 0 Å². The first-order chi connectivity index (χ1) is 8.22. The number of nitrogens with zero attached hydrogens (tertiary/aromatic N) is 2. The van der Waals surface area contributed by atoms with Crippen molar-refractivity contribution in [2.75, 3.05) is 6.54 Å². The van der Waals surface area contributed by atoms with Crippen molar-refractivity contribution in [3.63, 3.8) is 0 Å². The Hall–Kier alpha value is -1.55. The lowest BCUT2D eigenvalue weighted by atomic mass is 10.0. The third-order valence-corrected chi connectivity index (χ3v) is 3.08. The highest BCUT2D eigenvalue weighted by molar-refractivity contribution is 5.22. The fourth-order valence-electron chi connectivity index (χ4n) is 2.03. The predicted octanol–water partition coefficient (Wildman–Crippen LogP) is 2.21. The molecule has 1 atom stereocenters. The highest BCUT2D eigenvalue weighted by Crippen LogP contribution is 2.21. The van der Waals surface area contributed by atoms with E-state index in [1.54, 1.807) is 6.26 Å². The van der Waals surface area contributed by atoms with Gasteiger partial charge in [0.25, 0.3) is 0 Å². The molecule has 0 aliphatic carbocycles. The molecule has 0 amide bonds. The van der Waals surface area contributed by atoms with Gasteiger partial charge in [0, 0.05) is 30.8 Å². The number of hydrogen-bond acceptors (Lipinski definition) is 3. The quantitative estimate of drug-likeness (QED) is 0.861. The van der Waals surface area contributed by atoms with Crippen LogP contribution in [-0.2, 0) is 13.5 Å². The fraction of sp³-hybridized carbons (Fsp3) is 0.462. The van der Waals surface area contributed by atoms with Gasteiger partial charge >= 0.3 is 0 Å². The molecule has 0 bridgehead atoms. The number of nitrogens with one attached hydrogen (secondary N) is 1. The Morgan fingerprint density at radius 2 is 2.35 bits per heavy atom. The Morgan fingerprint density at radius 3 is 2.88 bits per heavy atom. The monoisotopic (exact) mass is 233 g/mol. The van der Waals surface area contributed by atoms with Crippen molar-refractivity contribution in [2.45, 2.75) is 26.3 Å². The highest BCUT2D eigenvalue weighted by Gasteiger charge is 2.17. The number of likely N-dealkylation sites (N-methyl/N-ethyl adjacent to an activating group) is 1. The van der Waals surface area contributed by atoms with Crippen molar-refractivity contribution in [3.8, 4) is 0 Å². The minimum absolute atomic E-state index is 0.264. The molecule has 0 aliphatic heterocycles. The first kappa shape index (κ1) is 11.9. The van der Waals surface area contributed by atoms with Gasteiger partial charge in [0.1, 0.15) is 5.76 Å². The van der Waals surface area contributed by atoms with Gasteiger partial charge in [-0.2, -0.15) is 5.10 Å². The highest BCUT2D eigenvalue weighted by atomic mass is 16.3. The molecule has 2 heterocycles. The van der Waals surface area contributed by atoms with Crippen molar-refractivity contribution < 1.29 is 4.42 Å². The van der Waals surface area contributed by atoms with Crippen LogP contribution in [0, 0.1) is 6.92 Å². The van der Waals surface area contributed by atoms with E-state index in [0.29, 0.717) is 0 Å². The maximum Gasteiger partial charge on any atom is 0.105 e. The van der Waals surface area contributed by atoms with E-state index in [0.717, 1.165) is 18.7 Å². The smallest absolute Gasteiger partial charge is 0.105 e. The summed E-state index contributed by atoms with van der Waals surface area (Å²) < 4.78 is 7.32. The molecule has 0 aromatic carbocycles. The zero-order chi connectivity index (χ0) is 12.3. The summed E-state index contributed by atoms with van der Waals surface area (Å²) in [4.78, 5) is 0. The molecule has 0 saturated carbocycles. The second-order valence-electron chi connectivity index (χ2n) is 4.20. The maximum atomic E-state index is 5.41. The summed E-state index contributed by atoms with van der Waals surface area (Å²) in [7, 11) is 1.97. The second kappa shape index (κ2) is 5.19. The first-order valence-corrected chi connectivity index (χ1v) is 5.96. The van der Waals surface area contributed by atoms with Crippen LogP contribution in [0.3, 0.4) is 0 Å². The van der Waals surface area contributed by atoms with Crippen molar-refractivity contribution in [2.24, 2.45) is 7.05 Å². The summed E-state index contributed by atoms with van der Waals surface area (Å²) in [5.74, 6) is 0.999. The Kier molecular flexibility index (Phi) is 3.64. The summed E-state index contributed by atoms with van der Waals surface area (Å²) >= 11 is 0. The van der Waals surface area contributed by atoms with Crippen LogP contribution in [0.15, 0.2) is 29.0 Å². The topological polar surface area (TPSA) is 43.0 Å². The molecular weight excluding hydrogens is 214 g/mol. The van der Waals surface area contributed by atoms with E-state index in [1.165, 1.54) is 11.3 Å². The Morgan fingerprint density at radius 1 is 1.53 bits per heavy atom. The fourth-order valence-corrected chi connectivity index (χ4v) is 2.03. The van der Waals surface area contributed by atoms with Crippen LogP contribution in [0.4, 0.5) is 0 Å². The van der Waals surface area contributed by atoms with Gasteiger partial charge < -0.3 is 9.73 Å². The molecule has 0 saturated heterocycles. The zero-order valence-corrected chi connectivity index (χ0v) is 10.6. The third kappa shape index (κ3) is 2.58. The van der Waals surface area contributed by atoms with Gasteiger partial charge in [0.2, 0.25) is 0 Å². The number of hydrogen-bond donors (Lipinski definition) is 1. The first-order valence-electron chi connectivity index (χ1n) is 5.96. The standard InChI is InChI=1S/C13H19N3O/c1-4-14-13(8-11-6-5-7-17-11)12-9-15-16(3)10(12)2/h5-7,9,13-14H,4,8H2,1-3H3. The van der Waals surface area contributed by atoms with Crippen LogP contribution in [0.2, 0.25) is 0 Å². The molecule has 0 fully saturated rings. The molecule has 0 radical (unpaired) electrons. The second-order valence-corrected chi connectivity index (χ2v) is 4.20. The minimum Gasteiger partial charge on any atom is -0.469 e. The van der Waals surface area contributed by atoms with Gasteiger partial charge in [0.15, 0.2) is 0 Å². The van der Waals surface area contributed by atoms with Crippen LogP contribution in [0.5, 0.6) is 0 Å². The molecule has 0 aliphatic rings. The van der Waals surface area contributed by atoms with Gasteiger partial charge in [-0.05, 0) is 25.6 Å². The molecule has 2 aromatic rings. The van der Waals surface area contributed by atoms with Crippen molar-refractivity contribution in [3.05, 3.63) is 41.6 Å². The van der Waals surface area contributed by atoms with Crippen molar-refractivity contribution in [1.29, 1.82) is 0 Å². The average Bonchev–Trinajstić information content (AvgIpc) is 2.91. The summed E-state index contributed by atoms with van der Waals surface area (Å²) in [6.45, 7) is 5.13. The molecule has 4 heteroatoms. The molecule has 0 spiro atoms. The molecule has 17 heavy (non-hydrogen) atoms. The van der Waals surface area contributed by atoms with Crippen LogP contribution in [0.1, 0.15) is 30.0 Å². The summed E-state index contributed by atoms with van der Waals surface area (Å²) in [5.41, 5.74) is 2.44. The van der Waals surface area contributed by atoms with E-state index in [1.807, 2.05) is 30.1 Å². The van der Waals surface area contributed by atoms with Crippen molar-refractivity contribution in [1.82, 2.24) is 15.1 Å². The summed E-state index contributed by atoms with van der Waals surface area (Å²) in [5, 5.41) is 7.77. The SMILES string of the molecule is CCNC(Cc1ccco1)c1cnn(C)c1C. The molecule has 4 nitrogen and oxygen atoms in total. The molecule has 2 aromatic heterocycles. The molecular formula is C13H19N3O. The van der Waals surface area contributed by atoms with E-state index in [9.17, 15) is 0 Å². The number of aromatic nitrogens is 2. The van der Waals surface area contributed by atoms with Gasteiger partial charge in [-0.3, -0.25) is 4.68 Å². The van der Waals surface area contributed by atoms with Crippen LogP contribution < -0.4 is 5.32 Å².